The number of fused-ring (bicyclic) bond motifs is 1. The summed E-state index contributed by atoms with van der Waals surface area (Å²) in [5.41, 5.74) is 1.58. The van der Waals surface area contributed by atoms with Gasteiger partial charge in [-0.05, 0) is 29.7 Å². The molecule has 0 spiro atoms. The zero-order chi connectivity index (χ0) is 24.0. The van der Waals surface area contributed by atoms with E-state index in [1.807, 2.05) is 0 Å². The predicted molar refractivity (Wildman–Crippen MR) is 116 cm³/mol. The third-order valence-corrected chi connectivity index (χ3v) is 5.30. The van der Waals surface area contributed by atoms with Gasteiger partial charge in [0.05, 0.1) is 7.11 Å². The fraction of sp³-hybridized carbons (Fsp3) is 0.304. The van der Waals surface area contributed by atoms with Gasteiger partial charge in [0, 0.05) is 24.6 Å². The zero-order valence-electron chi connectivity index (χ0n) is 17.9. The maximum Gasteiger partial charge on any atom is 0.404 e. The van der Waals surface area contributed by atoms with E-state index in [9.17, 15) is 23.6 Å². The molecule has 0 bridgehead atoms. The lowest BCUT2D eigenvalue weighted by molar-refractivity contribution is -0.140. The van der Waals surface area contributed by atoms with Crippen LogP contribution in [-0.2, 0) is 32.0 Å². The van der Waals surface area contributed by atoms with Gasteiger partial charge in [-0.25, -0.2) is 9.18 Å². The molecule has 1 heterocycles. The molecule has 0 aromatic heterocycles. The number of carbonyl (C=O) groups is 4. The number of nitrogens with zero attached hydrogens (tertiary/aromatic N) is 1. The molecule has 0 radical (unpaired) electrons. The topological polar surface area (TPSA) is 125 Å². The molecule has 3 amide bonds. The van der Waals surface area contributed by atoms with Crippen molar-refractivity contribution in [3.8, 4) is 0 Å². The number of hydrogen-bond acceptors (Lipinski definition) is 5. The van der Waals surface area contributed by atoms with E-state index in [1.54, 1.807) is 30.3 Å². The van der Waals surface area contributed by atoms with Gasteiger partial charge in [0.1, 0.15) is 18.4 Å². The van der Waals surface area contributed by atoms with Crippen molar-refractivity contribution in [3.05, 3.63) is 65.5 Å². The van der Waals surface area contributed by atoms with Crippen molar-refractivity contribution < 1.29 is 33.4 Å². The summed E-state index contributed by atoms with van der Waals surface area (Å²) in [7, 11) is 1.22. The Labute approximate surface area is 189 Å². The van der Waals surface area contributed by atoms with Crippen LogP contribution in [0, 0.1) is 5.82 Å². The van der Waals surface area contributed by atoms with E-state index in [1.165, 1.54) is 30.2 Å². The lowest BCUT2D eigenvalue weighted by Gasteiger charge is -2.34. The molecule has 174 valence electrons. The molecule has 33 heavy (non-hydrogen) atoms. The van der Waals surface area contributed by atoms with Crippen molar-refractivity contribution in [1.29, 1.82) is 0 Å². The molecule has 2 unspecified atom stereocenters. The molecule has 2 atom stereocenters. The second-order valence-corrected chi connectivity index (χ2v) is 7.60. The molecule has 3 rings (SSSR count). The Morgan fingerprint density at radius 3 is 2.58 bits per heavy atom. The first-order valence-electron chi connectivity index (χ1n) is 10.3. The van der Waals surface area contributed by atoms with Crippen LogP contribution in [0.4, 0.5) is 14.9 Å². The van der Waals surface area contributed by atoms with Crippen LogP contribution in [0.3, 0.4) is 0 Å². The Morgan fingerprint density at radius 1 is 1.18 bits per heavy atom. The highest BCUT2D eigenvalue weighted by Gasteiger charge is 2.35. The van der Waals surface area contributed by atoms with Crippen molar-refractivity contribution >= 4 is 29.6 Å². The number of hydrogen-bond donors (Lipinski definition) is 3. The number of benzene rings is 2. The minimum atomic E-state index is -1.35. The molecule has 9 nitrogen and oxygen atoms in total. The van der Waals surface area contributed by atoms with Gasteiger partial charge in [-0.3, -0.25) is 19.3 Å². The number of rotatable bonds is 8. The summed E-state index contributed by atoms with van der Waals surface area (Å²) >= 11 is 0. The molecule has 0 saturated carbocycles. The van der Waals surface area contributed by atoms with Gasteiger partial charge in [-0.2, -0.15) is 0 Å². The number of nitrogens with one attached hydrogen (secondary N) is 2. The second kappa shape index (κ2) is 10.6. The number of carboxylic acid groups (broad SMARTS) is 1. The van der Waals surface area contributed by atoms with Crippen LogP contribution in [0.15, 0.2) is 48.5 Å². The van der Waals surface area contributed by atoms with Gasteiger partial charge in [0.15, 0.2) is 0 Å². The van der Waals surface area contributed by atoms with Crippen LogP contribution in [0.25, 0.3) is 0 Å². The molecule has 10 heteroatoms. The lowest BCUT2D eigenvalue weighted by atomic mass is 9.96. The monoisotopic (exact) mass is 457 g/mol. The average Bonchev–Trinajstić information content (AvgIpc) is 2.77. The summed E-state index contributed by atoms with van der Waals surface area (Å²) in [5, 5.41) is 14.0. The van der Waals surface area contributed by atoms with Crippen molar-refractivity contribution in [2.75, 3.05) is 18.6 Å². The number of methoxy groups -OCH3 is 1. The predicted octanol–water partition coefficient (Wildman–Crippen LogP) is 1.64. The third kappa shape index (κ3) is 6.06. The SMILES string of the molecule is COC(=O)CN1C(=O)C(NC(=O)CC(Cc2ccccc2F)NC(=O)O)Cc2ccccc21. The summed E-state index contributed by atoms with van der Waals surface area (Å²) in [6.07, 6.45) is -1.48. The molecule has 0 fully saturated rings. The number of esters is 1. The number of ether oxygens (including phenoxy) is 1. The van der Waals surface area contributed by atoms with Crippen LogP contribution in [0.5, 0.6) is 0 Å². The number of amides is 3. The standard InChI is InChI=1S/C23H24FN3O6/c1-33-21(29)13-27-19-9-5-3-7-15(19)11-18(22(27)30)26-20(28)12-16(25-23(31)32)10-14-6-2-4-8-17(14)24/h2-9,16,18,25H,10-13H2,1H3,(H,26,28)(H,31,32). The minimum Gasteiger partial charge on any atom is -0.468 e. The molecule has 0 saturated heterocycles. The van der Waals surface area contributed by atoms with E-state index < -0.39 is 41.8 Å². The second-order valence-electron chi connectivity index (χ2n) is 7.60. The van der Waals surface area contributed by atoms with Crippen molar-refractivity contribution in [2.45, 2.75) is 31.3 Å². The van der Waals surface area contributed by atoms with E-state index in [0.717, 1.165) is 5.56 Å². The molecule has 2 aromatic carbocycles. The largest absolute Gasteiger partial charge is 0.468 e. The van der Waals surface area contributed by atoms with Crippen molar-refractivity contribution in [3.63, 3.8) is 0 Å². The molecule has 1 aliphatic heterocycles. The fourth-order valence-corrected chi connectivity index (χ4v) is 3.79. The van der Waals surface area contributed by atoms with Crippen LogP contribution < -0.4 is 15.5 Å². The summed E-state index contributed by atoms with van der Waals surface area (Å²) in [5.74, 6) is -2.18. The Hall–Kier alpha value is -3.95. The lowest BCUT2D eigenvalue weighted by Crippen LogP contribution is -2.55. The number of anilines is 1. The zero-order valence-corrected chi connectivity index (χ0v) is 17.9. The highest BCUT2D eigenvalue weighted by Crippen LogP contribution is 2.27. The first kappa shape index (κ1) is 23.7. The molecule has 3 N–H and O–H groups in total. The first-order valence-corrected chi connectivity index (χ1v) is 10.3. The van der Waals surface area contributed by atoms with E-state index in [2.05, 4.69) is 15.4 Å². The summed E-state index contributed by atoms with van der Waals surface area (Å²) in [6, 6.07) is 11.0. The number of para-hydroxylation sites is 1. The van der Waals surface area contributed by atoms with Gasteiger partial charge in [0.2, 0.25) is 11.8 Å². The van der Waals surface area contributed by atoms with Gasteiger partial charge in [-0.15, -0.1) is 0 Å². The van der Waals surface area contributed by atoms with E-state index in [-0.39, 0.29) is 31.4 Å². The average molecular weight is 457 g/mol. The number of carbonyl (C=O) groups excluding carboxylic acids is 3. The number of halogens is 1. The fourth-order valence-electron chi connectivity index (χ4n) is 3.79. The highest BCUT2D eigenvalue weighted by atomic mass is 19.1. The first-order chi connectivity index (χ1) is 15.8. The quantitative estimate of drug-likeness (QED) is 0.518. The van der Waals surface area contributed by atoms with E-state index >= 15 is 0 Å². The van der Waals surface area contributed by atoms with Crippen LogP contribution in [0.2, 0.25) is 0 Å². The molecular formula is C23H24FN3O6. The Bertz CT molecular complexity index is 1060. The normalized spacial score (nSPS) is 15.9. The van der Waals surface area contributed by atoms with E-state index in [0.29, 0.717) is 5.69 Å². The van der Waals surface area contributed by atoms with Crippen molar-refractivity contribution in [2.24, 2.45) is 0 Å². The van der Waals surface area contributed by atoms with Gasteiger partial charge in [-0.1, -0.05) is 36.4 Å². The molecule has 2 aromatic rings. The summed E-state index contributed by atoms with van der Waals surface area (Å²) in [6.45, 7) is -0.310. The molecular weight excluding hydrogens is 433 g/mol. The molecule has 0 aliphatic carbocycles. The van der Waals surface area contributed by atoms with Crippen LogP contribution >= 0.6 is 0 Å². The van der Waals surface area contributed by atoms with Crippen LogP contribution in [-0.4, -0.2) is 54.7 Å². The Kier molecular flexibility index (Phi) is 7.60. The van der Waals surface area contributed by atoms with Crippen molar-refractivity contribution in [1.82, 2.24) is 10.6 Å². The minimum absolute atomic E-state index is 0.0394. The maximum absolute atomic E-state index is 14.0. The Balaban J connectivity index is 1.73. The summed E-state index contributed by atoms with van der Waals surface area (Å²) in [4.78, 5) is 50.0. The molecule has 1 aliphatic rings. The smallest absolute Gasteiger partial charge is 0.404 e. The van der Waals surface area contributed by atoms with Gasteiger partial charge in [0.25, 0.3) is 0 Å². The van der Waals surface area contributed by atoms with Crippen LogP contribution in [0.1, 0.15) is 17.5 Å². The van der Waals surface area contributed by atoms with Gasteiger partial charge < -0.3 is 20.5 Å². The van der Waals surface area contributed by atoms with Gasteiger partial charge >= 0.3 is 12.1 Å². The van der Waals surface area contributed by atoms with E-state index in [4.69, 9.17) is 5.11 Å². The third-order valence-electron chi connectivity index (χ3n) is 5.30. The maximum atomic E-state index is 14.0. The Morgan fingerprint density at radius 2 is 1.88 bits per heavy atom. The summed E-state index contributed by atoms with van der Waals surface area (Å²) < 4.78 is 18.7. The highest BCUT2D eigenvalue weighted by molar-refractivity contribution is 6.04.